The van der Waals surface area contributed by atoms with Crippen LogP contribution >= 0.6 is 15.6 Å². The summed E-state index contributed by atoms with van der Waals surface area (Å²) in [6.45, 7) is -8.51. The summed E-state index contributed by atoms with van der Waals surface area (Å²) >= 11 is 0. The van der Waals surface area contributed by atoms with Crippen molar-refractivity contribution >= 4 is 26.5 Å². The maximum Gasteiger partial charge on any atom is 0.524 e. The smallest absolute Gasteiger partial charge is 0.404 e. The summed E-state index contributed by atoms with van der Waals surface area (Å²) in [6.07, 6.45) is 1.11. The summed E-state index contributed by atoms with van der Waals surface area (Å²) in [5, 5.41) is 0.191. The van der Waals surface area contributed by atoms with Crippen LogP contribution in [0.2, 0.25) is 0 Å². The topological polar surface area (TPSA) is 149 Å². The van der Waals surface area contributed by atoms with Crippen molar-refractivity contribution in [3.63, 3.8) is 0 Å². The van der Waals surface area contributed by atoms with E-state index in [9.17, 15) is 9.13 Å². The van der Waals surface area contributed by atoms with Crippen molar-refractivity contribution in [2.45, 2.75) is 6.42 Å². The van der Waals surface area contributed by atoms with Crippen LogP contribution < -0.4 is 4.52 Å². The van der Waals surface area contributed by atoms with Crippen LogP contribution in [0.25, 0.3) is 10.9 Å². The maximum atomic E-state index is 11.3. The van der Waals surface area contributed by atoms with E-state index in [1.807, 2.05) is 0 Å². The number of quaternary nitrogens is 1. The Bertz CT molecular complexity index is 1010. The quantitative estimate of drug-likeness (QED) is 0.253. The van der Waals surface area contributed by atoms with Crippen LogP contribution in [-0.2, 0) is 20.1 Å². The zero-order valence-electron chi connectivity index (χ0n) is 18.7. The van der Waals surface area contributed by atoms with Crippen LogP contribution in [0.5, 0.6) is 5.75 Å². The van der Waals surface area contributed by atoms with Gasteiger partial charge < -0.3 is 23.8 Å². The van der Waals surface area contributed by atoms with Gasteiger partial charge in [-0.2, -0.15) is 0 Å². The molecule has 0 atom stereocenters. The summed E-state index contributed by atoms with van der Waals surface area (Å²) in [5.41, 5.74) is 0.652. The Balaban J connectivity index is 2.49. The van der Waals surface area contributed by atoms with Crippen LogP contribution in [0.1, 0.15) is 13.8 Å². The number of aromatic amines is 1. The van der Waals surface area contributed by atoms with Crippen LogP contribution in [0, 0.1) is 0 Å². The highest BCUT2D eigenvalue weighted by molar-refractivity contribution is 7.46. The van der Waals surface area contributed by atoms with Gasteiger partial charge in [-0.3, -0.25) is 9.79 Å². The molecule has 0 aliphatic carbocycles. The SMILES string of the molecule is [2H]C([2H])([2H])[N+](CCc1c[nH]c2cccc(OP(=O)(O)O)c12)(COP(=O)(O)O)C([2H])([2H])[2H]. The second-order valence-corrected chi connectivity index (χ2v) is 7.67. The first kappa shape index (κ1) is 13.0. The lowest BCUT2D eigenvalue weighted by Crippen LogP contribution is -2.42. The third kappa shape index (κ3) is 6.22. The standard InChI is InChI=1S/C13H20N2O8P2/c1-15(2,9-22-24(16,17)18)7-6-10-8-14-11-4-3-5-12(13(10)11)23-25(19,20)21/h3-5,8,14H,6-7,9H2,1-2H3,(H3-,16,17,18,19,20,21)/p+1/i1D3,2D3. The van der Waals surface area contributed by atoms with Gasteiger partial charge in [0.15, 0.2) is 6.73 Å². The van der Waals surface area contributed by atoms with Gasteiger partial charge in [0.05, 0.1) is 28.7 Å². The largest absolute Gasteiger partial charge is 0.524 e. The van der Waals surface area contributed by atoms with E-state index in [1.54, 1.807) is 6.07 Å². The van der Waals surface area contributed by atoms with E-state index in [0.29, 0.717) is 5.52 Å². The third-order valence-corrected chi connectivity index (χ3v) is 4.06. The van der Waals surface area contributed by atoms with Crippen LogP contribution in [0.3, 0.4) is 0 Å². The molecule has 25 heavy (non-hydrogen) atoms. The molecule has 0 saturated carbocycles. The summed E-state index contributed by atoms with van der Waals surface area (Å²) < 4.78 is 75.9. The number of H-pyrrole nitrogens is 1. The molecule has 2 aromatic rings. The minimum absolute atomic E-state index is 0.191. The molecule has 0 aliphatic rings. The molecule has 12 heteroatoms. The van der Waals surface area contributed by atoms with Crippen molar-refractivity contribution in [2.75, 3.05) is 27.2 Å². The Morgan fingerprint density at radius 2 is 1.92 bits per heavy atom. The number of rotatable bonds is 8. The predicted molar refractivity (Wildman–Crippen MR) is 89.6 cm³/mol. The predicted octanol–water partition coefficient (Wildman–Crippen LogP) is 1.33. The fraction of sp³-hybridized carbons (Fsp3) is 0.385. The van der Waals surface area contributed by atoms with Gasteiger partial charge in [-0.1, -0.05) is 6.07 Å². The highest BCUT2D eigenvalue weighted by atomic mass is 31.2. The highest BCUT2D eigenvalue weighted by Crippen LogP contribution is 2.41. The van der Waals surface area contributed by atoms with Crippen LogP contribution in [0.4, 0.5) is 0 Å². The molecule has 0 bridgehead atoms. The molecule has 1 aromatic heterocycles. The normalized spacial score (nSPS) is 17.9. The van der Waals surface area contributed by atoms with Gasteiger partial charge in [0.1, 0.15) is 5.75 Å². The van der Waals surface area contributed by atoms with E-state index in [4.69, 9.17) is 27.8 Å². The number of nitrogens with one attached hydrogen (secondary N) is 1. The van der Waals surface area contributed by atoms with E-state index >= 15 is 0 Å². The molecule has 0 fully saturated rings. The Morgan fingerprint density at radius 3 is 2.52 bits per heavy atom. The molecule has 0 saturated heterocycles. The number of likely N-dealkylation sites (N-methyl/N-ethyl adjacent to an activating group) is 1. The molecule has 0 radical (unpaired) electrons. The zero-order chi connectivity index (χ0) is 23.9. The lowest BCUT2D eigenvalue weighted by Gasteiger charge is -2.29. The van der Waals surface area contributed by atoms with Crippen molar-refractivity contribution < 1.29 is 50.5 Å². The molecule has 1 aromatic carbocycles. The molecule has 0 amide bonds. The van der Waals surface area contributed by atoms with E-state index in [0.717, 1.165) is 0 Å². The third-order valence-electron chi connectivity index (χ3n) is 3.18. The lowest BCUT2D eigenvalue weighted by atomic mass is 10.1. The van der Waals surface area contributed by atoms with E-state index < -0.39 is 47.4 Å². The first-order valence-electron chi connectivity index (χ1n) is 9.78. The molecule has 5 N–H and O–H groups in total. The Labute approximate surface area is 152 Å². The van der Waals surface area contributed by atoms with Crippen molar-refractivity contribution in [3.05, 3.63) is 30.0 Å². The minimum atomic E-state index is -5.18. The van der Waals surface area contributed by atoms with Crippen LogP contribution in [0.15, 0.2) is 24.4 Å². The fourth-order valence-electron chi connectivity index (χ4n) is 2.17. The average Bonchev–Trinajstić information content (AvgIpc) is 2.94. The molecule has 2 rings (SSSR count). The fourth-order valence-corrected chi connectivity index (χ4v) is 2.93. The Kier molecular flexibility index (Phi) is 3.74. The van der Waals surface area contributed by atoms with Crippen molar-refractivity contribution in [2.24, 2.45) is 0 Å². The van der Waals surface area contributed by atoms with Crippen LogP contribution in [-0.4, -0.2) is 56.3 Å². The number of hydrogen-bond donors (Lipinski definition) is 5. The number of benzene rings is 1. The first-order valence-corrected chi connectivity index (χ1v) is 9.84. The van der Waals surface area contributed by atoms with Crippen molar-refractivity contribution in [3.8, 4) is 5.75 Å². The second-order valence-electron chi connectivity index (χ2n) is 5.26. The summed E-state index contributed by atoms with van der Waals surface area (Å²) in [4.78, 5) is 39.0. The van der Waals surface area contributed by atoms with E-state index in [1.165, 1.54) is 18.3 Å². The molecule has 140 valence electrons. The summed E-state index contributed by atoms with van der Waals surface area (Å²) in [7, 11) is -10.1. The average molecular weight is 401 g/mol. The lowest BCUT2D eigenvalue weighted by molar-refractivity contribution is -0.906. The Hall–Kier alpha value is -1.22. The summed E-state index contributed by atoms with van der Waals surface area (Å²) in [5.74, 6) is -0.214. The number of phosphoric acid groups is 2. The number of nitrogens with zero attached hydrogens (tertiary/aromatic N) is 1. The molecule has 10 nitrogen and oxygen atoms in total. The molecule has 1 heterocycles. The zero-order valence-corrected chi connectivity index (χ0v) is 14.5. The van der Waals surface area contributed by atoms with E-state index in [2.05, 4.69) is 14.0 Å². The van der Waals surface area contributed by atoms with E-state index in [-0.39, 0.29) is 23.1 Å². The van der Waals surface area contributed by atoms with Gasteiger partial charge in [0.25, 0.3) is 0 Å². The number of fused-ring (bicyclic) bond motifs is 1. The maximum absolute atomic E-state index is 11.3. The first-order chi connectivity index (χ1) is 13.9. The van der Waals surface area contributed by atoms with Gasteiger partial charge in [0.2, 0.25) is 0 Å². The molecule has 0 spiro atoms. The van der Waals surface area contributed by atoms with Crippen molar-refractivity contribution in [1.29, 1.82) is 0 Å². The number of hydrogen-bond acceptors (Lipinski definition) is 4. The molecular formula is C13H21N2O8P2+. The number of phosphoric ester groups is 2. The Morgan fingerprint density at radius 1 is 1.20 bits per heavy atom. The van der Waals surface area contributed by atoms with Gasteiger partial charge in [0, 0.05) is 23.5 Å². The number of aromatic nitrogens is 1. The minimum Gasteiger partial charge on any atom is -0.404 e. The molecule has 0 unspecified atom stereocenters. The van der Waals surface area contributed by atoms with Gasteiger partial charge in [-0.25, -0.2) is 13.7 Å². The monoisotopic (exact) mass is 401 g/mol. The van der Waals surface area contributed by atoms with Gasteiger partial charge in [-0.05, 0) is 17.7 Å². The molecule has 0 aliphatic heterocycles. The molecular weight excluding hydrogens is 374 g/mol. The van der Waals surface area contributed by atoms with Gasteiger partial charge >= 0.3 is 15.6 Å². The summed E-state index contributed by atoms with van der Waals surface area (Å²) in [6, 6.07) is 4.27. The highest BCUT2D eigenvalue weighted by Gasteiger charge is 2.24. The van der Waals surface area contributed by atoms with Crippen molar-refractivity contribution in [1.82, 2.24) is 4.98 Å². The van der Waals surface area contributed by atoms with Gasteiger partial charge in [-0.15, -0.1) is 0 Å². The second kappa shape index (κ2) is 7.19.